The Morgan fingerprint density at radius 2 is 1.95 bits per heavy atom. The molecule has 1 atom stereocenters. The first-order valence-corrected chi connectivity index (χ1v) is 7.24. The Morgan fingerprint density at radius 1 is 1.20 bits per heavy atom. The molecule has 0 heterocycles. The molecule has 20 heavy (non-hydrogen) atoms. The number of rotatable bonds is 4. The van der Waals surface area contributed by atoms with Crippen LogP contribution in [0.3, 0.4) is 0 Å². The van der Waals surface area contributed by atoms with Gasteiger partial charge in [-0.1, -0.05) is 33.6 Å². The molecule has 0 aliphatic heterocycles. The molecule has 0 spiro atoms. The number of halogens is 4. The highest BCUT2D eigenvalue weighted by Gasteiger charge is 2.16. The molecule has 0 saturated heterocycles. The quantitative estimate of drug-likeness (QED) is 0.819. The van der Waals surface area contributed by atoms with Gasteiger partial charge in [-0.15, -0.1) is 0 Å². The molecule has 1 nitrogen and oxygen atoms in total. The lowest BCUT2D eigenvalue weighted by atomic mass is 9.98. The van der Waals surface area contributed by atoms with Crippen molar-refractivity contribution < 1.29 is 8.78 Å². The van der Waals surface area contributed by atoms with E-state index in [1.165, 1.54) is 6.07 Å². The zero-order chi connectivity index (χ0) is 14.7. The van der Waals surface area contributed by atoms with E-state index in [-0.39, 0.29) is 6.04 Å². The van der Waals surface area contributed by atoms with Crippen LogP contribution in [0.2, 0.25) is 5.02 Å². The molecule has 0 fully saturated rings. The molecule has 0 aliphatic rings. The van der Waals surface area contributed by atoms with Gasteiger partial charge in [-0.25, -0.2) is 8.78 Å². The van der Waals surface area contributed by atoms with Crippen LogP contribution in [0.4, 0.5) is 8.78 Å². The van der Waals surface area contributed by atoms with Crippen molar-refractivity contribution in [2.45, 2.75) is 12.5 Å². The lowest BCUT2D eigenvalue weighted by Gasteiger charge is -2.19. The van der Waals surface area contributed by atoms with Gasteiger partial charge in [0.15, 0.2) is 0 Å². The molecule has 2 aromatic carbocycles. The normalized spacial score (nSPS) is 12.4. The molecule has 1 unspecified atom stereocenters. The number of nitrogens with one attached hydrogen (secondary N) is 1. The zero-order valence-corrected chi connectivity index (χ0v) is 13.1. The van der Waals surface area contributed by atoms with Crippen molar-refractivity contribution in [3.8, 4) is 0 Å². The van der Waals surface area contributed by atoms with E-state index < -0.39 is 11.6 Å². The Hall–Kier alpha value is -0.970. The summed E-state index contributed by atoms with van der Waals surface area (Å²) in [5.74, 6) is -0.844. The van der Waals surface area contributed by atoms with E-state index in [9.17, 15) is 8.78 Å². The summed E-state index contributed by atoms with van der Waals surface area (Å²) in [6, 6.07) is 8.77. The predicted molar refractivity (Wildman–Crippen MR) is 81.0 cm³/mol. The molecule has 0 bridgehead atoms. The Bertz CT molecular complexity index is 619. The van der Waals surface area contributed by atoms with Crippen molar-refractivity contribution in [2.75, 3.05) is 7.05 Å². The minimum Gasteiger partial charge on any atom is -0.313 e. The van der Waals surface area contributed by atoms with Crippen LogP contribution in [0, 0.1) is 11.6 Å². The van der Waals surface area contributed by atoms with Crippen molar-refractivity contribution >= 4 is 27.5 Å². The summed E-state index contributed by atoms with van der Waals surface area (Å²) in [6.07, 6.45) is 0.348. The average Bonchev–Trinajstić information content (AvgIpc) is 2.40. The average molecular weight is 361 g/mol. The van der Waals surface area contributed by atoms with Crippen LogP contribution in [-0.2, 0) is 6.42 Å². The summed E-state index contributed by atoms with van der Waals surface area (Å²) in [4.78, 5) is 0. The van der Waals surface area contributed by atoms with Gasteiger partial charge in [-0.05, 0) is 54.9 Å². The van der Waals surface area contributed by atoms with Crippen molar-refractivity contribution in [1.82, 2.24) is 5.32 Å². The van der Waals surface area contributed by atoms with Gasteiger partial charge in [0.2, 0.25) is 0 Å². The molecule has 106 valence electrons. The number of likely N-dealkylation sites (N-methyl/N-ethyl adjacent to an activating group) is 1. The third-order valence-electron chi connectivity index (χ3n) is 3.12. The fraction of sp³-hybridized carbons (Fsp3) is 0.200. The molecule has 5 heteroatoms. The second-order valence-corrected chi connectivity index (χ2v) is 5.74. The first-order valence-electron chi connectivity index (χ1n) is 6.07. The number of hydrogen-bond acceptors (Lipinski definition) is 1. The second-order valence-electron chi connectivity index (χ2n) is 4.45. The highest BCUT2D eigenvalue weighted by Crippen LogP contribution is 2.29. The molecular formula is C15H13BrClF2N. The van der Waals surface area contributed by atoms with Crippen LogP contribution in [0.5, 0.6) is 0 Å². The maximum Gasteiger partial charge on any atom is 0.126 e. The molecular weight excluding hydrogens is 348 g/mol. The van der Waals surface area contributed by atoms with E-state index in [2.05, 4.69) is 21.2 Å². The van der Waals surface area contributed by atoms with Crippen molar-refractivity contribution in [2.24, 2.45) is 0 Å². The molecule has 0 aliphatic carbocycles. The predicted octanol–water partition coefficient (Wildman–Crippen LogP) is 4.88. The van der Waals surface area contributed by atoms with Crippen LogP contribution in [-0.4, -0.2) is 7.05 Å². The van der Waals surface area contributed by atoms with Crippen molar-refractivity contribution in [1.29, 1.82) is 0 Å². The Kier molecular flexibility index (Phi) is 5.13. The first-order chi connectivity index (χ1) is 9.51. The summed E-state index contributed by atoms with van der Waals surface area (Å²) in [7, 11) is 1.78. The second kappa shape index (κ2) is 6.66. The SMILES string of the molecule is CNC(Cc1cc(F)ccc1F)c1ccc(Cl)cc1Br. The van der Waals surface area contributed by atoms with E-state index >= 15 is 0 Å². The number of hydrogen-bond donors (Lipinski definition) is 1. The summed E-state index contributed by atoms with van der Waals surface area (Å²) in [5, 5.41) is 3.73. The molecule has 1 N–H and O–H groups in total. The lowest BCUT2D eigenvalue weighted by Crippen LogP contribution is -2.20. The molecule has 2 aromatic rings. The van der Waals surface area contributed by atoms with Gasteiger partial charge in [-0.3, -0.25) is 0 Å². The highest BCUT2D eigenvalue weighted by atomic mass is 79.9. The van der Waals surface area contributed by atoms with Crippen LogP contribution >= 0.6 is 27.5 Å². The largest absolute Gasteiger partial charge is 0.313 e. The third-order valence-corrected chi connectivity index (χ3v) is 4.04. The molecule has 0 aromatic heterocycles. The van der Waals surface area contributed by atoms with E-state index in [0.717, 1.165) is 22.2 Å². The Morgan fingerprint density at radius 3 is 2.60 bits per heavy atom. The third kappa shape index (κ3) is 3.57. The standard InChI is InChI=1S/C15H13BrClF2N/c1-20-15(12-4-2-10(17)8-13(12)16)7-9-6-11(18)3-5-14(9)19/h2-6,8,15,20H,7H2,1H3. The van der Waals surface area contributed by atoms with Gasteiger partial charge in [0, 0.05) is 15.5 Å². The fourth-order valence-electron chi connectivity index (χ4n) is 2.07. The van der Waals surface area contributed by atoms with Gasteiger partial charge in [0.05, 0.1) is 0 Å². The maximum atomic E-state index is 13.7. The minimum atomic E-state index is -0.438. The summed E-state index contributed by atoms with van der Waals surface area (Å²) in [5.41, 5.74) is 1.28. The van der Waals surface area contributed by atoms with Gasteiger partial charge >= 0.3 is 0 Å². The van der Waals surface area contributed by atoms with E-state index in [1.807, 2.05) is 6.07 Å². The fourth-order valence-corrected chi connectivity index (χ4v) is 3.03. The first kappa shape index (κ1) is 15.4. The molecule has 0 amide bonds. The minimum absolute atomic E-state index is 0.141. The van der Waals surface area contributed by atoms with Gasteiger partial charge < -0.3 is 5.32 Å². The van der Waals surface area contributed by atoms with Crippen LogP contribution in [0.1, 0.15) is 17.2 Å². The van der Waals surface area contributed by atoms with Gasteiger partial charge in [0.25, 0.3) is 0 Å². The van der Waals surface area contributed by atoms with E-state index in [1.54, 1.807) is 19.2 Å². The topological polar surface area (TPSA) is 12.0 Å². The molecule has 0 radical (unpaired) electrons. The molecule has 0 saturated carbocycles. The summed E-state index contributed by atoms with van der Waals surface area (Å²) < 4.78 is 27.8. The van der Waals surface area contributed by atoms with E-state index in [0.29, 0.717) is 17.0 Å². The van der Waals surface area contributed by atoms with E-state index in [4.69, 9.17) is 11.6 Å². The van der Waals surface area contributed by atoms with Crippen molar-refractivity contribution in [3.63, 3.8) is 0 Å². The number of benzene rings is 2. The smallest absolute Gasteiger partial charge is 0.126 e. The van der Waals surface area contributed by atoms with Gasteiger partial charge in [-0.2, -0.15) is 0 Å². The Labute approximate surface area is 130 Å². The zero-order valence-electron chi connectivity index (χ0n) is 10.8. The van der Waals surface area contributed by atoms with Gasteiger partial charge in [0.1, 0.15) is 11.6 Å². The Balaban J connectivity index is 2.31. The monoisotopic (exact) mass is 359 g/mol. The van der Waals surface area contributed by atoms with Crippen LogP contribution < -0.4 is 5.32 Å². The van der Waals surface area contributed by atoms with Crippen LogP contribution in [0.15, 0.2) is 40.9 Å². The molecule has 2 rings (SSSR count). The van der Waals surface area contributed by atoms with Crippen LogP contribution in [0.25, 0.3) is 0 Å². The highest BCUT2D eigenvalue weighted by molar-refractivity contribution is 9.10. The summed E-state index contributed by atoms with van der Waals surface area (Å²) in [6.45, 7) is 0. The lowest BCUT2D eigenvalue weighted by molar-refractivity contribution is 0.543. The maximum absolute atomic E-state index is 13.7. The van der Waals surface area contributed by atoms with Crippen molar-refractivity contribution in [3.05, 3.63) is 68.7 Å². The summed E-state index contributed by atoms with van der Waals surface area (Å²) >= 11 is 9.35.